The predicted octanol–water partition coefficient (Wildman–Crippen LogP) is 8.87. The Labute approximate surface area is 374 Å². The number of nitrogens with one attached hydrogen (secondary N) is 1. The molecule has 5 heterocycles. The summed E-state index contributed by atoms with van der Waals surface area (Å²) in [5.41, 5.74) is 8.63. The molecule has 0 amide bonds. The van der Waals surface area contributed by atoms with Crippen LogP contribution in [0.4, 0.5) is 0 Å². The van der Waals surface area contributed by atoms with Gasteiger partial charge in [0, 0.05) is 91.8 Å². The van der Waals surface area contributed by atoms with Gasteiger partial charge in [0.25, 0.3) is 0 Å². The molecule has 0 bridgehead atoms. The zero-order valence-corrected chi connectivity index (χ0v) is 39.6. The lowest BCUT2D eigenvalue weighted by atomic mass is 9.34. The first-order chi connectivity index (χ1) is 29.7. The number of aryl methyl sites for hydroxylation is 2. The zero-order valence-electron chi connectivity index (χ0n) is 39.6. The number of fused-ring (bicyclic) bond motifs is 4. The molecule has 4 aliphatic carbocycles. The Morgan fingerprint density at radius 3 is 2.38 bits per heavy atom. The van der Waals surface area contributed by atoms with Gasteiger partial charge in [-0.3, -0.25) is 9.59 Å². The highest BCUT2D eigenvalue weighted by Crippen LogP contribution is 2.75. The summed E-state index contributed by atoms with van der Waals surface area (Å²) >= 11 is 0. The van der Waals surface area contributed by atoms with Crippen molar-refractivity contribution in [3.8, 4) is 0 Å². The first-order valence-corrected chi connectivity index (χ1v) is 24.5. The van der Waals surface area contributed by atoms with E-state index in [2.05, 4.69) is 82.4 Å². The van der Waals surface area contributed by atoms with Crippen molar-refractivity contribution in [1.29, 1.82) is 0 Å². The molecule has 3 saturated carbocycles. The van der Waals surface area contributed by atoms with Crippen LogP contribution in [0.25, 0.3) is 11.0 Å². The minimum absolute atomic E-state index is 0.00739. The lowest BCUT2D eigenvalue weighted by molar-refractivity contribution is -0.220. The van der Waals surface area contributed by atoms with Gasteiger partial charge in [-0.15, -0.1) is 0 Å². The number of aromatic amines is 1. The number of aliphatic hydroxyl groups is 3. The summed E-state index contributed by atoms with van der Waals surface area (Å²) in [4.78, 5) is 32.8. The van der Waals surface area contributed by atoms with Gasteiger partial charge in [-0.25, -0.2) is 0 Å². The highest BCUT2D eigenvalue weighted by Gasteiger charge is 2.72. The second kappa shape index (κ2) is 14.7. The van der Waals surface area contributed by atoms with Crippen molar-refractivity contribution in [2.45, 2.75) is 176 Å². The third-order valence-corrected chi connectivity index (χ3v) is 19.4. The maximum absolute atomic E-state index is 15.3. The number of carbonyl (C=O) groups is 2. The van der Waals surface area contributed by atoms with Gasteiger partial charge in [-0.05, 0) is 128 Å². The van der Waals surface area contributed by atoms with Gasteiger partial charge < -0.3 is 34.3 Å². The van der Waals surface area contributed by atoms with Crippen LogP contribution in [0.3, 0.4) is 0 Å². The first kappa shape index (κ1) is 43.8. The summed E-state index contributed by atoms with van der Waals surface area (Å²) < 4.78 is 14.2. The van der Waals surface area contributed by atoms with Crippen LogP contribution in [-0.4, -0.2) is 80.2 Å². The van der Waals surface area contributed by atoms with E-state index in [1.54, 1.807) is 0 Å². The van der Waals surface area contributed by atoms with Gasteiger partial charge in [-0.2, -0.15) is 0 Å². The SMILES string of the molecule is Cc1cc(Cc2c(CCO)n3c4c(c[nH]c24)CCC(C)(CC(O)C2OC2(C)C)C2=C4C(C3)C(O)C3C5(C)CCC(=O)C(C)(C)C5CCC3(C)C4(C)CC2=O)cc(C2CCOCC2)c1. The first-order valence-electron chi connectivity index (χ1n) is 24.5. The number of aromatic nitrogens is 2. The molecule has 2 saturated heterocycles. The van der Waals surface area contributed by atoms with Crippen LogP contribution < -0.4 is 0 Å². The molecule has 3 aromatic rings. The molecule has 1 aromatic carbocycles. The molecular formula is C54H74N2O7. The number of carbonyl (C=O) groups excluding carboxylic acids is 2. The van der Waals surface area contributed by atoms with Crippen LogP contribution >= 0.6 is 0 Å². The molecule has 7 aliphatic rings. The molecule has 3 aliphatic heterocycles. The van der Waals surface area contributed by atoms with E-state index in [0.717, 1.165) is 78.8 Å². The van der Waals surface area contributed by atoms with E-state index < -0.39 is 45.4 Å². The molecular weight excluding hydrogens is 789 g/mol. The van der Waals surface area contributed by atoms with E-state index in [1.807, 2.05) is 13.8 Å². The monoisotopic (exact) mass is 863 g/mol. The minimum atomic E-state index is -0.779. The number of Topliss-reactive ketones (excluding diaryl/α,β-unsaturated/α-hetero) is 2. The Balaban J connectivity index is 1.17. The largest absolute Gasteiger partial charge is 0.396 e. The van der Waals surface area contributed by atoms with E-state index in [-0.39, 0.29) is 35.7 Å². The van der Waals surface area contributed by atoms with Gasteiger partial charge in [0.2, 0.25) is 0 Å². The van der Waals surface area contributed by atoms with E-state index in [0.29, 0.717) is 63.2 Å². The number of epoxide rings is 1. The fraction of sp³-hybridized carbons (Fsp3) is 0.704. The Morgan fingerprint density at radius 2 is 1.68 bits per heavy atom. The lowest BCUT2D eigenvalue weighted by Gasteiger charge is -2.70. The van der Waals surface area contributed by atoms with Crippen molar-refractivity contribution >= 4 is 22.6 Å². The lowest BCUT2D eigenvalue weighted by Crippen LogP contribution is -2.67. The summed E-state index contributed by atoms with van der Waals surface area (Å²) in [6.45, 7) is 21.9. The normalized spacial score (nSPS) is 37.7. The van der Waals surface area contributed by atoms with Crippen molar-refractivity contribution in [3.63, 3.8) is 0 Å². The smallest absolute Gasteiger partial charge is 0.160 e. The maximum atomic E-state index is 15.3. The summed E-state index contributed by atoms with van der Waals surface area (Å²) in [6.07, 6.45) is 8.69. The topological polar surface area (TPSA) is 137 Å². The van der Waals surface area contributed by atoms with Crippen molar-refractivity contribution < 1.29 is 34.4 Å². The molecule has 2 aromatic heterocycles. The molecule has 63 heavy (non-hydrogen) atoms. The van der Waals surface area contributed by atoms with Gasteiger partial charge in [0.1, 0.15) is 11.9 Å². The molecule has 342 valence electrons. The third kappa shape index (κ3) is 6.38. The molecule has 5 fully saturated rings. The van der Waals surface area contributed by atoms with Gasteiger partial charge in [0.05, 0.1) is 28.8 Å². The highest BCUT2D eigenvalue weighted by atomic mass is 16.6. The molecule has 10 unspecified atom stereocenters. The number of ketones is 2. The van der Waals surface area contributed by atoms with E-state index in [4.69, 9.17) is 9.47 Å². The standard InChI is InChI=1S/C54H74N2O7/c1-30-22-31(24-34(23-30)32-14-20-62-21-15-32)25-35-37(13-19-57)56-29-36-42-43(51(6,26-39(59)48-50(4,5)63-48)16-10-33-28-55-44(35)45(33)56)38(58)27-54(42,9)53(8)18-11-40-49(2,3)41(60)12-17-52(40,7)47(53)46(36)61/h22-24,28,32,36,39-40,46-48,55,57,59,61H,10-21,25-27,29H2,1-9H3. The van der Waals surface area contributed by atoms with Crippen molar-refractivity contribution in [1.82, 2.24) is 9.55 Å². The molecule has 4 N–H and O–H groups in total. The average molecular weight is 863 g/mol. The number of rotatable bonds is 8. The molecule has 10 rings (SSSR count). The van der Waals surface area contributed by atoms with Crippen LogP contribution in [0.2, 0.25) is 0 Å². The number of hydrogen-bond acceptors (Lipinski definition) is 7. The third-order valence-electron chi connectivity index (χ3n) is 19.4. The molecule has 10 atom stereocenters. The van der Waals surface area contributed by atoms with E-state index >= 15 is 4.79 Å². The number of hydrogen-bond donors (Lipinski definition) is 4. The Bertz CT molecular complexity index is 2400. The predicted molar refractivity (Wildman–Crippen MR) is 245 cm³/mol. The fourth-order valence-electron chi connectivity index (χ4n) is 16.2. The quantitative estimate of drug-likeness (QED) is 0.166. The summed E-state index contributed by atoms with van der Waals surface area (Å²) in [6, 6.07) is 7.04. The van der Waals surface area contributed by atoms with Gasteiger partial charge >= 0.3 is 0 Å². The molecule has 0 radical (unpaired) electrons. The van der Waals surface area contributed by atoms with Gasteiger partial charge in [0.15, 0.2) is 5.78 Å². The maximum Gasteiger partial charge on any atom is 0.160 e. The minimum Gasteiger partial charge on any atom is -0.396 e. The van der Waals surface area contributed by atoms with Crippen molar-refractivity contribution in [2.75, 3.05) is 19.8 Å². The molecule has 0 spiro atoms. The Kier molecular flexibility index (Phi) is 10.2. The number of benzene rings is 1. The number of aliphatic hydroxyl groups excluding tert-OH is 3. The second-order valence-corrected chi connectivity index (χ2v) is 23.8. The zero-order chi connectivity index (χ0) is 44.8. The van der Waals surface area contributed by atoms with Crippen molar-refractivity contribution in [3.05, 3.63) is 69.1 Å². The Morgan fingerprint density at radius 1 is 0.952 bits per heavy atom. The molecule has 9 heteroatoms. The molecule has 9 nitrogen and oxygen atoms in total. The average Bonchev–Trinajstić information content (AvgIpc) is 3.43. The van der Waals surface area contributed by atoms with E-state index in [9.17, 15) is 20.1 Å². The summed E-state index contributed by atoms with van der Waals surface area (Å²) in [5, 5.41) is 36.6. The highest BCUT2D eigenvalue weighted by molar-refractivity contribution is 6.02. The number of ether oxygens (including phenoxy) is 2. The fourth-order valence-corrected chi connectivity index (χ4v) is 16.2. The van der Waals surface area contributed by atoms with Gasteiger partial charge in [-0.1, -0.05) is 65.3 Å². The second-order valence-electron chi connectivity index (χ2n) is 23.8. The van der Waals surface area contributed by atoms with E-state index in [1.165, 1.54) is 22.3 Å². The summed E-state index contributed by atoms with van der Waals surface area (Å²) in [7, 11) is 0. The van der Waals surface area contributed by atoms with Crippen LogP contribution in [0.5, 0.6) is 0 Å². The van der Waals surface area contributed by atoms with Crippen LogP contribution in [-0.2, 0) is 44.9 Å². The van der Waals surface area contributed by atoms with Crippen LogP contribution in [0, 0.1) is 51.8 Å². The number of allylic oxidation sites excluding steroid dienone is 1. The summed E-state index contributed by atoms with van der Waals surface area (Å²) in [5.74, 6) is 0.545. The van der Waals surface area contributed by atoms with Crippen LogP contribution in [0.1, 0.15) is 153 Å². The number of H-pyrrole nitrogens is 1. The Hall–Kier alpha value is -3.08. The van der Waals surface area contributed by atoms with Crippen molar-refractivity contribution in [2.24, 2.45) is 44.8 Å². The van der Waals surface area contributed by atoms with Crippen LogP contribution in [0.15, 0.2) is 35.5 Å². The number of nitrogens with zero attached hydrogens (tertiary/aromatic N) is 1.